The molecule has 0 aromatic rings. The van der Waals surface area contributed by atoms with Gasteiger partial charge in [-0.1, -0.05) is 12.7 Å². The standard InChI is InChI=1S/C13H23NO7/c1-4-5-21-13(17)14-11(10(2)15)12(16)20-9-8-19-7-6-18-3/h4,10-11,15H,1,5-9H2,2-3H3,(H,14,17)/t10-,11+/m1/s1. The predicted octanol–water partition coefficient (Wildman–Crippen LogP) is -0.146. The number of rotatable bonds is 11. The fraction of sp³-hybridized carbons (Fsp3) is 0.692. The van der Waals surface area contributed by atoms with Gasteiger partial charge in [-0.3, -0.25) is 0 Å². The van der Waals surface area contributed by atoms with Crippen LogP contribution in [-0.4, -0.2) is 69.5 Å². The van der Waals surface area contributed by atoms with Gasteiger partial charge in [0, 0.05) is 7.11 Å². The van der Waals surface area contributed by atoms with Crippen molar-refractivity contribution in [2.24, 2.45) is 0 Å². The second-order valence-corrected chi connectivity index (χ2v) is 4.02. The third kappa shape index (κ3) is 9.83. The molecule has 1 amide bonds. The molecule has 0 fully saturated rings. The van der Waals surface area contributed by atoms with Crippen molar-refractivity contribution in [3.05, 3.63) is 12.7 Å². The van der Waals surface area contributed by atoms with Gasteiger partial charge in [0.2, 0.25) is 0 Å². The fourth-order valence-corrected chi connectivity index (χ4v) is 1.21. The number of hydrogen-bond donors (Lipinski definition) is 2. The third-order valence-electron chi connectivity index (χ3n) is 2.25. The Morgan fingerprint density at radius 2 is 1.90 bits per heavy atom. The van der Waals surface area contributed by atoms with Crippen LogP contribution in [0.3, 0.4) is 0 Å². The number of hydrogen-bond acceptors (Lipinski definition) is 7. The highest BCUT2D eigenvalue weighted by atomic mass is 16.6. The van der Waals surface area contributed by atoms with Gasteiger partial charge in [0.1, 0.15) is 13.2 Å². The number of ether oxygens (including phenoxy) is 4. The molecule has 8 nitrogen and oxygen atoms in total. The summed E-state index contributed by atoms with van der Waals surface area (Å²) in [5, 5.41) is 11.7. The van der Waals surface area contributed by atoms with Gasteiger partial charge in [-0.25, -0.2) is 9.59 Å². The highest BCUT2D eigenvalue weighted by Gasteiger charge is 2.27. The summed E-state index contributed by atoms with van der Waals surface area (Å²) in [6, 6.07) is -1.21. The van der Waals surface area contributed by atoms with E-state index in [0.29, 0.717) is 13.2 Å². The quantitative estimate of drug-likeness (QED) is 0.311. The molecule has 2 N–H and O–H groups in total. The van der Waals surface area contributed by atoms with Crippen molar-refractivity contribution in [3.8, 4) is 0 Å². The molecular weight excluding hydrogens is 282 g/mol. The monoisotopic (exact) mass is 305 g/mol. The van der Waals surface area contributed by atoms with Gasteiger partial charge in [0.15, 0.2) is 6.04 Å². The molecule has 0 unspecified atom stereocenters. The highest BCUT2D eigenvalue weighted by molar-refractivity contribution is 5.81. The van der Waals surface area contributed by atoms with Crippen LogP contribution in [0.15, 0.2) is 12.7 Å². The first-order valence-corrected chi connectivity index (χ1v) is 6.48. The molecule has 2 atom stereocenters. The molecule has 0 aromatic carbocycles. The molecule has 122 valence electrons. The molecule has 0 heterocycles. The van der Waals surface area contributed by atoms with Crippen LogP contribution in [0.5, 0.6) is 0 Å². The Morgan fingerprint density at radius 3 is 2.48 bits per heavy atom. The Morgan fingerprint density at radius 1 is 1.24 bits per heavy atom. The number of nitrogens with one attached hydrogen (secondary N) is 1. The van der Waals surface area contributed by atoms with Crippen molar-refractivity contribution >= 4 is 12.1 Å². The summed E-state index contributed by atoms with van der Waals surface area (Å²) in [6.07, 6.45) is -0.579. The Balaban J connectivity index is 4.06. The van der Waals surface area contributed by atoms with Gasteiger partial charge in [-0.2, -0.15) is 0 Å². The summed E-state index contributed by atoms with van der Waals surface area (Å²) in [5.74, 6) is -0.768. The van der Waals surface area contributed by atoms with Crippen molar-refractivity contribution in [3.63, 3.8) is 0 Å². The number of aliphatic hydroxyl groups excluding tert-OH is 1. The van der Waals surface area contributed by atoms with Crippen LogP contribution >= 0.6 is 0 Å². The average Bonchev–Trinajstić information content (AvgIpc) is 2.45. The second kappa shape index (κ2) is 12.1. The lowest BCUT2D eigenvalue weighted by Crippen LogP contribution is -2.48. The summed E-state index contributed by atoms with van der Waals surface area (Å²) < 4.78 is 19.5. The highest BCUT2D eigenvalue weighted by Crippen LogP contribution is 1.98. The summed E-state index contributed by atoms with van der Waals surface area (Å²) in [5.41, 5.74) is 0. The van der Waals surface area contributed by atoms with Crippen molar-refractivity contribution in [2.45, 2.75) is 19.1 Å². The molecule has 0 bridgehead atoms. The van der Waals surface area contributed by atoms with Gasteiger partial charge >= 0.3 is 12.1 Å². The zero-order valence-electron chi connectivity index (χ0n) is 12.4. The molecule has 0 aliphatic rings. The van der Waals surface area contributed by atoms with Crippen LogP contribution in [0.4, 0.5) is 4.79 Å². The number of esters is 1. The number of amides is 1. The van der Waals surface area contributed by atoms with Crippen molar-refractivity contribution in [1.82, 2.24) is 5.32 Å². The Kier molecular flexibility index (Phi) is 11.2. The van der Waals surface area contributed by atoms with Gasteiger partial charge in [-0.05, 0) is 6.92 Å². The molecule has 0 saturated carbocycles. The normalized spacial score (nSPS) is 13.1. The number of aliphatic hydroxyl groups is 1. The van der Waals surface area contributed by atoms with Crippen LogP contribution < -0.4 is 5.32 Å². The van der Waals surface area contributed by atoms with E-state index in [1.165, 1.54) is 13.0 Å². The van der Waals surface area contributed by atoms with E-state index in [4.69, 9.17) is 14.2 Å². The van der Waals surface area contributed by atoms with E-state index < -0.39 is 24.2 Å². The molecule has 8 heteroatoms. The second-order valence-electron chi connectivity index (χ2n) is 4.02. The SMILES string of the molecule is C=CCOC(=O)N[C@H](C(=O)OCCOCCOC)[C@@H](C)O. The molecule has 0 saturated heterocycles. The molecular formula is C13H23NO7. The average molecular weight is 305 g/mol. The Labute approximate surface area is 124 Å². The first-order chi connectivity index (χ1) is 10.0. The van der Waals surface area contributed by atoms with Gasteiger partial charge in [0.25, 0.3) is 0 Å². The van der Waals surface area contributed by atoms with Gasteiger partial charge in [0.05, 0.1) is 25.9 Å². The first kappa shape index (κ1) is 19.4. The number of methoxy groups -OCH3 is 1. The lowest BCUT2D eigenvalue weighted by atomic mass is 10.2. The number of alkyl carbamates (subject to hydrolysis) is 1. The Bertz CT molecular complexity index is 320. The van der Waals surface area contributed by atoms with E-state index in [0.717, 1.165) is 0 Å². The maximum atomic E-state index is 11.7. The smallest absolute Gasteiger partial charge is 0.408 e. The molecule has 0 spiro atoms. The number of carbonyl (C=O) groups is 2. The molecule has 21 heavy (non-hydrogen) atoms. The van der Waals surface area contributed by atoms with Crippen LogP contribution in [0.2, 0.25) is 0 Å². The zero-order chi connectivity index (χ0) is 16.1. The van der Waals surface area contributed by atoms with Crippen molar-refractivity contribution in [2.75, 3.05) is 40.1 Å². The maximum absolute atomic E-state index is 11.7. The van der Waals surface area contributed by atoms with E-state index >= 15 is 0 Å². The maximum Gasteiger partial charge on any atom is 0.408 e. The minimum Gasteiger partial charge on any atom is -0.462 e. The van der Waals surface area contributed by atoms with Crippen molar-refractivity contribution in [1.29, 1.82) is 0 Å². The van der Waals surface area contributed by atoms with E-state index in [2.05, 4.69) is 16.6 Å². The zero-order valence-corrected chi connectivity index (χ0v) is 12.4. The van der Waals surface area contributed by atoms with Gasteiger partial charge in [-0.15, -0.1) is 0 Å². The van der Waals surface area contributed by atoms with Gasteiger partial charge < -0.3 is 29.4 Å². The van der Waals surface area contributed by atoms with Crippen molar-refractivity contribution < 1.29 is 33.6 Å². The Hall–Kier alpha value is -1.64. The topological polar surface area (TPSA) is 103 Å². The summed E-state index contributed by atoms with van der Waals surface area (Å²) >= 11 is 0. The summed E-state index contributed by atoms with van der Waals surface area (Å²) in [6.45, 7) is 5.78. The fourth-order valence-electron chi connectivity index (χ4n) is 1.21. The summed E-state index contributed by atoms with van der Waals surface area (Å²) in [4.78, 5) is 23.1. The minimum atomic E-state index is -1.21. The molecule has 0 aromatic heterocycles. The lowest BCUT2D eigenvalue weighted by molar-refractivity contribution is -0.150. The van der Waals surface area contributed by atoms with E-state index in [9.17, 15) is 14.7 Å². The molecule has 0 rings (SSSR count). The van der Waals surface area contributed by atoms with E-state index in [-0.39, 0.29) is 19.8 Å². The molecule has 0 aliphatic carbocycles. The lowest BCUT2D eigenvalue weighted by Gasteiger charge is -2.19. The minimum absolute atomic E-state index is 0.000744. The van der Waals surface area contributed by atoms with Crippen LogP contribution in [0.1, 0.15) is 6.92 Å². The third-order valence-corrected chi connectivity index (χ3v) is 2.25. The molecule has 0 aliphatic heterocycles. The van der Waals surface area contributed by atoms with Crippen LogP contribution in [0, 0.1) is 0 Å². The van der Waals surface area contributed by atoms with Crippen LogP contribution in [-0.2, 0) is 23.7 Å². The van der Waals surface area contributed by atoms with E-state index in [1.54, 1.807) is 7.11 Å². The molecule has 0 radical (unpaired) electrons. The predicted molar refractivity (Wildman–Crippen MR) is 73.8 cm³/mol. The van der Waals surface area contributed by atoms with E-state index in [1.807, 2.05) is 0 Å². The van der Waals surface area contributed by atoms with Crippen LogP contribution in [0.25, 0.3) is 0 Å². The summed E-state index contributed by atoms with van der Waals surface area (Å²) in [7, 11) is 1.55. The first-order valence-electron chi connectivity index (χ1n) is 6.48. The number of carbonyl (C=O) groups excluding carboxylic acids is 2. The largest absolute Gasteiger partial charge is 0.462 e.